The number of fused-ring (bicyclic) bond motifs is 3. The van der Waals surface area contributed by atoms with E-state index in [2.05, 4.69) is 254 Å². The lowest BCUT2D eigenvalue weighted by Crippen LogP contribution is -2.09. The third-order valence-electron chi connectivity index (χ3n) is 11.2. The Kier molecular flexibility index (Phi) is 9.39. The van der Waals surface area contributed by atoms with Gasteiger partial charge in [-0.05, 0) is 135 Å². The smallest absolute Gasteiger partial charge is 0.0462 e. The monoisotopic (exact) mass is 759 g/mol. The van der Waals surface area contributed by atoms with Crippen LogP contribution < -0.4 is 4.90 Å². The molecule has 0 spiro atoms. The highest BCUT2D eigenvalue weighted by Gasteiger charge is 2.33. The predicted molar refractivity (Wildman–Crippen MR) is 247 cm³/mol. The van der Waals surface area contributed by atoms with Gasteiger partial charge < -0.3 is 4.90 Å². The molecule has 0 heterocycles. The zero-order valence-corrected chi connectivity index (χ0v) is 32.8. The third-order valence-corrected chi connectivity index (χ3v) is 15.1. The van der Waals surface area contributed by atoms with Gasteiger partial charge in [-0.25, -0.2) is 0 Å². The van der Waals surface area contributed by atoms with Gasteiger partial charge in [0.2, 0.25) is 0 Å². The normalized spacial score (nSPS) is 11.7. The Morgan fingerprint density at radius 1 is 0.259 bits per heavy atom. The molecule has 10 rings (SSSR count). The summed E-state index contributed by atoms with van der Waals surface area (Å²) in [5, 5.41) is 5.10. The second-order valence-corrected chi connectivity index (χ2v) is 17.6. The van der Waals surface area contributed by atoms with Crippen LogP contribution in [0.15, 0.2) is 268 Å². The fourth-order valence-corrected chi connectivity index (χ4v) is 12.3. The maximum Gasteiger partial charge on any atom is 0.0462 e. The summed E-state index contributed by atoms with van der Waals surface area (Å²) in [7, 11) is -1.87. The molecule has 1 nitrogen and oxygen atoms in total. The summed E-state index contributed by atoms with van der Waals surface area (Å²) >= 11 is 0. The second-order valence-electron chi connectivity index (χ2n) is 14.5. The molecule has 0 unspecified atom stereocenters. The van der Waals surface area contributed by atoms with Crippen LogP contribution in [0.1, 0.15) is 0 Å². The van der Waals surface area contributed by atoms with E-state index in [1.165, 1.54) is 63.4 Å². The van der Waals surface area contributed by atoms with Gasteiger partial charge in [0.05, 0.1) is 0 Å². The average molecular weight is 760 g/mol. The molecule has 0 aromatic heterocycles. The molecule has 0 radical (unpaired) electrons. The van der Waals surface area contributed by atoms with Crippen molar-refractivity contribution in [1.82, 2.24) is 0 Å². The quantitative estimate of drug-likeness (QED) is 0.133. The molecule has 10 aromatic rings. The van der Waals surface area contributed by atoms with Crippen molar-refractivity contribution in [3.63, 3.8) is 0 Å². The fraction of sp³-hybridized carbons (Fsp3) is 0. The number of para-hydroxylation sites is 2. The van der Waals surface area contributed by atoms with Crippen LogP contribution >= 0.6 is 10.0 Å². The molecule has 10 aromatic carbocycles. The first-order valence-corrected chi connectivity index (χ1v) is 21.5. The summed E-state index contributed by atoms with van der Waals surface area (Å²) in [5.74, 6) is 0. The van der Waals surface area contributed by atoms with Crippen molar-refractivity contribution < 1.29 is 0 Å². The Balaban J connectivity index is 1.07. The van der Waals surface area contributed by atoms with Crippen molar-refractivity contribution in [3.8, 4) is 22.3 Å². The number of nitrogens with zero attached hydrogens (tertiary/aromatic N) is 1. The minimum Gasteiger partial charge on any atom is -0.311 e. The molecule has 0 bridgehead atoms. The molecule has 0 saturated heterocycles. The minimum absolute atomic E-state index is 1.12. The van der Waals surface area contributed by atoms with Crippen LogP contribution in [0.2, 0.25) is 0 Å². The summed E-state index contributed by atoms with van der Waals surface area (Å²) < 4.78 is 0. The molecule has 0 aliphatic rings. The first-order valence-electron chi connectivity index (χ1n) is 19.8. The maximum atomic E-state index is 2.38. The van der Waals surface area contributed by atoms with Crippen molar-refractivity contribution in [1.29, 1.82) is 0 Å². The van der Waals surface area contributed by atoms with Crippen LogP contribution in [0.25, 0.3) is 43.8 Å². The van der Waals surface area contributed by atoms with Gasteiger partial charge in [0, 0.05) is 36.6 Å². The van der Waals surface area contributed by atoms with Gasteiger partial charge in [-0.2, -0.15) is 0 Å². The number of anilines is 3. The SMILES string of the molecule is c1ccc(N(c2ccccc2)c2ccc(-c3ccc(S(c4ccccc4)(c4ccccc4)c4ccc(-c5cc6ccccc6c6ccccc56)cc4)cc3)cc2)cc1. The highest BCUT2D eigenvalue weighted by atomic mass is 32.3. The molecule has 0 aliphatic heterocycles. The van der Waals surface area contributed by atoms with E-state index in [9.17, 15) is 0 Å². The molecule has 0 atom stereocenters. The highest BCUT2D eigenvalue weighted by molar-refractivity contribution is 8.34. The molecule has 276 valence electrons. The van der Waals surface area contributed by atoms with E-state index in [4.69, 9.17) is 0 Å². The van der Waals surface area contributed by atoms with Crippen LogP contribution in [0, 0.1) is 0 Å². The van der Waals surface area contributed by atoms with Crippen LogP contribution in [0.3, 0.4) is 0 Å². The Labute approximate surface area is 342 Å². The zero-order chi connectivity index (χ0) is 38.7. The van der Waals surface area contributed by atoms with Crippen LogP contribution in [-0.4, -0.2) is 0 Å². The molecule has 0 amide bonds. The van der Waals surface area contributed by atoms with E-state index in [0.717, 1.165) is 17.1 Å². The summed E-state index contributed by atoms with van der Waals surface area (Å²) in [6.07, 6.45) is 0. The molecular formula is C56H41NS. The molecule has 58 heavy (non-hydrogen) atoms. The van der Waals surface area contributed by atoms with E-state index in [0.29, 0.717) is 0 Å². The Bertz CT molecular complexity index is 2870. The fourth-order valence-electron chi connectivity index (χ4n) is 8.45. The first kappa shape index (κ1) is 35.3. The molecule has 0 saturated carbocycles. The van der Waals surface area contributed by atoms with E-state index >= 15 is 0 Å². The van der Waals surface area contributed by atoms with E-state index in [1.807, 2.05) is 0 Å². The average Bonchev–Trinajstić information content (AvgIpc) is 3.31. The van der Waals surface area contributed by atoms with Gasteiger partial charge in [0.1, 0.15) is 0 Å². The molecular weight excluding hydrogens is 719 g/mol. The number of benzene rings is 10. The Morgan fingerprint density at radius 2 is 0.621 bits per heavy atom. The van der Waals surface area contributed by atoms with Crippen LogP contribution in [0.5, 0.6) is 0 Å². The lowest BCUT2D eigenvalue weighted by molar-refractivity contribution is 1.24. The van der Waals surface area contributed by atoms with Gasteiger partial charge in [-0.3, -0.25) is 0 Å². The lowest BCUT2D eigenvalue weighted by Gasteiger charge is -2.42. The summed E-state index contributed by atoms with van der Waals surface area (Å²) in [4.78, 5) is 7.53. The largest absolute Gasteiger partial charge is 0.311 e. The van der Waals surface area contributed by atoms with Crippen molar-refractivity contribution >= 4 is 48.6 Å². The van der Waals surface area contributed by atoms with E-state index < -0.39 is 10.0 Å². The first-order chi connectivity index (χ1) is 28.8. The molecule has 0 aliphatic carbocycles. The number of rotatable bonds is 9. The Morgan fingerprint density at radius 3 is 1.14 bits per heavy atom. The summed E-state index contributed by atoms with van der Waals surface area (Å²) in [5.41, 5.74) is 8.23. The van der Waals surface area contributed by atoms with Crippen LogP contribution in [-0.2, 0) is 0 Å². The zero-order valence-electron chi connectivity index (χ0n) is 32.0. The van der Waals surface area contributed by atoms with Crippen molar-refractivity contribution in [3.05, 3.63) is 249 Å². The van der Waals surface area contributed by atoms with Gasteiger partial charge in [0.15, 0.2) is 0 Å². The van der Waals surface area contributed by atoms with E-state index in [-0.39, 0.29) is 0 Å². The molecule has 0 N–H and O–H groups in total. The number of hydrogen-bond donors (Lipinski definition) is 0. The van der Waals surface area contributed by atoms with Gasteiger partial charge in [-0.15, -0.1) is 10.0 Å². The molecule has 2 heteroatoms. The minimum atomic E-state index is -1.87. The predicted octanol–water partition coefficient (Wildman–Crippen LogP) is 16.1. The topological polar surface area (TPSA) is 3.24 Å². The van der Waals surface area contributed by atoms with Gasteiger partial charge in [0.25, 0.3) is 0 Å². The lowest BCUT2D eigenvalue weighted by atomic mass is 9.93. The summed E-state index contributed by atoms with van der Waals surface area (Å²) in [6, 6.07) is 90.9. The Hall–Kier alpha value is -7.13. The van der Waals surface area contributed by atoms with Crippen molar-refractivity contribution in [2.45, 2.75) is 19.6 Å². The standard InChI is InChI=1S/C56H41NS/c1-5-18-46(19-6-1)57(47-20-7-2-8-21-47)48-35-29-42(30-36-48)43-31-37-51(38-32-43)58(49-22-9-3-10-23-49,50-24-11-4-12-25-50)52-39-33-44(34-40-52)56-41-45-17-13-14-26-53(45)54-27-15-16-28-55(54)56/h1-41H. The summed E-state index contributed by atoms with van der Waals surface area (Å²) in [6.45, 7) is 0. The van der Waals surface area contributed by atoms with Crippen molar-refractivity contribution in [2.75, 3.05) is 4.90 Å². The van der Waals surface area contributed by atoms with Crippen LogP contribution in [0.4, 0.5) is 17.1 Å². The van der Waals surface area contributed by atoms with Gasteiger partial charge in [-0.1, -0.05) is 158 Å². The van der Waals surface area contributed by atoms with E-state index in [1.54, 1.807) is 0 Å². The van der Waals surface area contributed by atoms with Gasteiger partial charge >= 0.3 is 0 Å². The maximum absolute atomic E-state index is 2.38. The second kappa shape index (κ2) is 15.4. The van der Waals surface area contributed by atoms with Crippen molar-refractivity contribution in [2.24, 2.45) is 0 Å². The third kappa shape index (κ3) is 6.34. The molecule has 0 fully saturated rings. The highest BCUT2D eigenvalue weighted by Crippen LogP contribution is 2.73. The number of hydrogen-bond acceptors (Lipinski definition) is 1.